The van der Waals surface area contributed by atoms with E-state index in [-0.39, 0.29) is 5.82 Å². The van der Waals surface area contributed by atoms with Crippen molar-refractivity contribution < 1.29 is 4.39 Å². The number of halogens is 2. The van der Waals surface area contributed by atoms with Crippen LogP contribution in [0.15, 0.2) is 16.9 Å². The van der Waals surface area contributed by atoms with Crippen molar-refractivity contribution >= 4 is 15.9 Å². The Morgan fingerprint density at radius 1 is 1.46 bits per heavy atom. The van der Waals surface area contributed by atoms with E-state index in [1.807, 2.05) is 0 Å². The quantitative estimate of drug-likeness (QED) is 0.793. The van der Waals surface area contributed by atoms with Gasteiger partial charge in [0.1, 0.15) is 5.82 Å². The van der Waals surface area contributed by atoms with E-state index < -0.39 is 0 Å². The van der Waals surface area contributed by atoms with Gasteiger partial charge < -0.3 is 0 Å². The Kier molecular flexibility index (Phi) is 2.60. The molecule has 1 aliphatic rings. The monoisotopic (exact) mass is 244 g/mol. The molecule has 2 rings (SSSR count). The van der Waals surface area contributed by atoms with E-state index in [0.29, 0.717) is 6.54 Å². The first-order valence-corrected chi connectivity index (χ1v) is 5.07. The van der Waals surface area contributed by atoms with E-state index in [1.165, 1.54) is 12.6 Å². The highest BCUT2D eigenvalue weighted by Gasteiger charge is 2.17. The zero-order valence-electron chi connectivity index (χ0n) is 7.13. The molecular formula is C9H10BrFN2. The molecule has 0 unspecified atom stereocenters. The molecule has 0 bridgehead atoms. The van der Waals surface area contributed by atoms with E-state index in [9.17, 15) is 4.39 Å². The molecule has 1 saturated heterocycles. The van der Waals surface area contributed by atoms with Crippen molar-refractivity contribution in [2.24, 2.45) is 0 Å². The molecule has 4 heteroatoms. The number of hydrogen-bond donors (Lipinski definition) is 0. The molecule has 70 valence electrons. The van der Waals surface area contributed by atoms with Crippen LogP contribution in [0, 0.1) is 5.82 Å². The van der Waals surface area contributed by atoms with Gasteiger partial charge in [0.15, 0.2) is 0 Å². The van der Waals surface area contributed by atoms with Crippen LogP contribution in [0.1, 0.15) is 12.0 Å². The molecule has 1 aliphatic heterocycles. The predicted molar refractivity (Wildman–Crippen MR) is 51.8 cm³/mol. The van der Waals surface area contributed by atoms with Crippen LogP contribution in [-0.4, -0.2) is 23.0 Å². The fourth-order valence-electron chi connectivity index (χ4n) is 1.35. The van der Waals surface area contributed by atoms with Gasteiger partial charge in [0.25, 0.3) is 0 Å². The molecule has 0 atom stereocenters. The summed E-state index contributed by atoms with van der Waals surface area (Å²) in [5.41, 5.74) is 0.717. The average Bonchev–Trinajstić information content (AvgIpc) is 2.00. The summed E-state index contributed by atoms with van der Waals surface area (Å²) in [5, 5.41) is 0. The van der Waals surface area contributed by atoms with Crippen LogP contribution in [0.4, 0.5) is 4.39 Å². The number of hydrogen-bond acceptors (Lipinski definition) is 2. The molecule has 1 aromatic rings. The third-order valence-corrected chi connectivity index (χ3v) is 2.97. The second-order valence-electron chi connectivity index (χ2n) is 3.21. The Morgan fingerprint density at radius 3 is 2.77 bits per heavy atom. The highest BCUT2D eigenvalue weighted by molar-refractivity contribution is 9.10. The molecule has 0 amide bonds. The Bertz CT molecular complexity index is 292. The van der Waals surface area contributed by atoms with Gasteiger partial charge in [0.05, 0.1) is 6.20 Å². The Labute approximate surface area is 84.9 Å². The van der Waals surface area contributed by atoms with Crippen LogP contribution >= 0.6 is 15.9 Å². The van der Waals surface area contributed by atoms with Gasteiger partial charge in [-0.05, 0) is 35.4 Å². The van der Waals surface area contributed by atoms with Crippen LogP contribution in [0.5, 0.6) is 0 Å². The number of pyridine rings is 1. The maximum atomic E-state index is 13.3. The molecule has 0 radical (unpaired) electrons. The van der Waals surface area contributed by atoms with Crippen molar-refractivity contribution in [3.05, 3.63) is 28.2 Å². The van der Waals surface area contributed by atoms with Gasteiger partial charge in [-0.3, -0.25) is 9.88 Å². The topological polar surface area (TPSA) is 16.1 Å². The molecule has 2 heterocycles. The summed E-state index contributed by atoms with van der Waals surface area (Å²) >= 11 is 3.30. The van der Waals surface area contributed by atoms with Crippen LogP contribution < -0.4 is 0 Å². The number of likely N-dealkylation sites (tertiary alicyclic amines) is 1. The lowest BCUT2D eigenvalue weighted by Crippen LogP contribution is -2.36. The maximum Gasteiger partial charge on any atom is 0.147 e. The summed E-state index contributed by atoms with van der Waals surface area (Å²) in [6, 6.07) is 0. The van der Waals surface area contributed by atoms with Crippen molar-refractivity contribution in [2.75, 3.05) is 13.1 Å². The van der Waals surface area contributed by atoms with Gasteiger partial charge in [0.2, 0.25) is 0 Å². The second kappa shape index (κ2) is 3.72. The first-order valence-electron chi connectivity index (χ1n) is 4.27. The molecule has 0 saturated carbocycles. The molecule has 1 fully saturated rings. The molecule has 0 N–H and O–H groups in total. The predicted octanol–water partition coefficient (Wildman–Crippen LogP) is 2.19. The molecule has 0 aromatic carbocycles. The van der Waals surface area contributed by atoms with E-state index in [1.54, 1.807) is 6.20 Å². The average molecular weight is 245 g/mol. The van der Waals surface area contributed by atoms with Crippen LogP contribution in [0.25, 0.3) is 0 Å². The van der Waals surface area contributed by atoms with Crippen molar-refractivity contribution in [1.82, 2.24) is 9.88 Å². The number of aromatic nitrogens is 1. The SMILES string of the molecule is Fc1cncc(Br)c1CN1CCC1. The highest BCUT2D eigenvalue weighted by Crippen LogP contribution is 2.21. The van der Waals surface area contributed by atoms with E-state index >= 15 is 0 Å². The lowest BCUT2D eigenvalue weighted by atomic mass is 10.1. The summed E-state index contributed by atoms with van der Waals surface area (Å²) < 4.78 is 14.0. The van der Waals surface area contributed by atoms with Gasteiger partial charge in [-0.15, -0.1) is 0 Å². The third-order valence-electron chi connectivity index (χ3n) is 2.28. The van der Waals surface area contributed by atoms with E-state index in [4.69, 9.17) is 0 Å². The Hall–Kier alpha value is -0.480. The standard InChI is InChI=1S/C9H10BrFN2/c10-8-4-12-5-9(11)7(8)6-13-2-1-3-13/h4-5H,1-3,6H2. The van der Waals surface area contributed by atoms with Gasteiger partial charge in [-0.25, -0.2) is 4.39 Å². The van der Waals surface area contributed by atoms with Crippen molar-refractivity contribution in [3.8, 4) is 0 Å². The second-order valence-corrected chi connectivity index (χ2v) is 4.07. The zero-order chi connectivity index (χ0) is 9.26. The van der Waals surface area contributed by atoms with Gasteiger partial charge in [-0.2, -0.15) is 0 Å². The lowest BCUT2D eigenvalue weighted by molar-refractivity contribution is 0.170. The highest BCUT2D eigenvalue weighted by atomic mass is 79.9. The normalized spacial score (nSPS) is 17.1. The Morgan fingerprint density at radius 2 is 2.23 bits per heavy atom. The fraction of sp³-hybridized carbons (Fsp3) is 0.444. The first kappa shape index (κ1) is 9.09. The van der Waals surface area contributed by atoms with E-state index in [2.05, 4.69) is 25.8 Å². The smallest absolute Gasteiger partial charge is 0.147 e. The first-order chi connectivity index (χ1) is 6.27. The van der Waals surface area contributed by atoms with E-state index in [0.717, 1.165) is 23.1 Å². The molecular weight excluding hydrogens is 235 g/mol. The van der Waals surface area contributed by atoms with Gasteiger partial charge in [0, 0.05) is 22.8 Å². The Balaban J connectivity index is 2.17. The summed E-state index contributed by atoms with van der Waals surface area (Å²) in [5.74, 6) is -0.221. The molecule has 13 heavy (non-hydrogen) atoms. The van der Waals surface area contributed by atoms with Crippen molar-refractivity contribution in [1.29, 1.82) is 0 Å². The summed E-state index contributed by atoms with van der Waals surface area (Å²) in [6.07, 6.45) is 4.13. The zero-order valence-corrected chi connectivity index (χ0v) is 8.72. The minimum Gasteiger partial charge on any atom is -0.299 e. The fourth-order valence-corrected chi connectivity index (χ4v) is 1.79. The summed E-state index contributed by atoms with van der Waals surface area (Å²) in [4.78, 5) is 5.97. The minimum absolute atomic E-state index is 0.221. The molecule has 2 nitrogen and oxygen atoms in total. The molecule has 1 aromatic heterocycles. The van der Waals surface area contributed by atoms with Crippen molar-refractivity contribution in [2.45, 2.75) is 13.0 Å². The van der Waals surface area contributed by atoms with Gasteiger partial charge >= 0.3 is 0 Å². The van der Waals surface area contributed by atoms with Crippen LogP contribution in [0.2, 0.25) is 0 Å². The van der Waals surface area contributed by atoms with Crippen LogP contribution in [-0.2, 0) is 6.54 Å². The number of nitrogens with zero attached hydrogens (tertiary/aromatic N) is 2. The number of rotatable bonds is 2. The molecule has 0 aliphatic carbocycles. The van der Waals surface area contributed by atoms with Crippen LogP contribution in [0.3, 0.4) is 0 Å². The largest absolute Gasteiger partial charge is 0.299 e. The lowest BCUT2D eigenvalue weighted by Gasteiger charge is -2.30. The molecule has 0 spiro atoms. The third kappa shape index (κ3) is 1.89. The maximum absolute atomic E-state index is 13.3. The summed E-state index contributed by atoms with van der Waals surface area (Å²) in [7, 11) is 0. The minimum atomic E-state index is -0.221. The van der Waals surface area contributed by atoms with Gasteiger partial charge in [-0.1, -0.05) is 0 Å². The summed E-state index contributed by atoms with van der Waals surface area (Å²) in [6.45, 7) is 2.84. The van der Waals surface area contributed by atoms with Crippen molar-refractivity contribution in [3.63, 3.8) is 0 Å².